The minimum Gasteiger partial charge on any atom is -0.436 e. The summed E-state index contributed by atoms with van der Waals surface area (Å²) in [5.41, 5.74) is 18.1. The highest BCUT2D eigenvalue weighted by Crippen LogP contribution is 2.46. The van der Waals surface area contributed by atoms with Gasteiger partial charge in [-0.15, -0.1) is 0 Å². The Balaban J connectivity index is 0.000000148. The number of hydrogen-bond donors (Lipinski definition) is 0. The van der Waals surface area contributed by atoms with Crippen molar-refractivity contribution in [2.45, 2.75) is 46.5 Å². The second-order valence-corrected chi connectivity index (χ2v) is 20.9. The summed E-state index contributed by atoms with van der Waals surface area (Å²) < 4.78 is 12.1. The Hall–Kier alpha value is -9.38. The van der Waals surface area contributed by atoms with Crippen LogP contribution in [-0.4, -0.2) is 9.97 Å². The Bertz CT molecular complexity index is 4390. The van der Waals surface area contributed by atoms with Gasteiger partial charge in [-0.1, -0.05) is 221 Å². The van der Waals surface area contributed by atoms with Gasteiger partial charge in [0.05, 0.1) is 0 Å². The van der Waals surface area contributed by atoms with Gasteiger partial charge in [-0.2, -0.15) is 0 Å². The Morgan fingerprint density at radius 1 is 0.333 bits per heavy atom. The molecule has 0 aliphatic heterocycles. The van der Waals surface area contributed by atoms with Crippen LogP contribution in [0.25, 0.3) is 133 Å². The van der Waals surface area contributed by atoms with E-state index in [1.54, 1.807) is 0 Å². The van der Waals surface area contributed by atoms with E-state index in [4.69, 9.17) is 18.8 Å². The molecule has 78 heavy (non-hydrogen) atoms. The number of aromatic nitrogens is 2. The predicted octanol–water partition coefficient (Wildman–Crippen LogP) is 20.8. The lowest BCUT2D eigenvalue weighted by Crippen LogP contribution is -1.96. The first-order chi connectivity index (χ1) is 38.5. The van der Waals surface area contributed by atoms with Crippen molar-refractivity contribution in [1.29, 1.82) is 0 Å². The van der Waals surface area contributed by atoms with Crippen molar-refractivity contribution < 1.29 is 8.83 Å². The number of hydrogen-bond acceptors (Lipinski definition) is 4. The third-order valence-electron chi connectivity index (χ3n) is 15.2. The maximum Gasteiger partial charge on any atom is 0.227 e. The Kier molecular flexibility index (Phi) is 13.0. The third-order valence-corrected chi connectivity index (χ3v) is 15.2. The first kappa shape index (κ1) is 48.3. The summed E-state index contributed by atoms with van der Waals surface area (Å²) >= 11 is 0. The summed E-state index contributed by atoms with van der Waals surface area (Å²) in [6.45, 7) is 6.83. The molecule has 12 aromatic carbocycles. The van der Waals surface area contributed by atoms with Crippen molar-refractivity contribution in [2.24, 2.45) is 5.92 Å². The van der Waals surface area contributed by atoms with Crippen molar-refractivity contribution >= 4 is 65.3 Å². The Morgan fingerprint density at radius 2 is 0.679 bits per heavy atom. The van der Waals surface area contributed by atoms with Gasteiger partial charge < -0.3 is 8.83 Å². The first-order valence-electron chi connectivity index (χ1n) is 27.4. The van der Waals surface area contributed by atoms with Crippen LogP contribution in [0.1, 0.15) is 44.7 Å². The number of oxazole rings is 2. The molecule has 4 heteroatoms. The van der Waals surface area contributed by atoms with Crippen molar-refractivity contribution in [2.75, 3.05) is 0 Å². The molecule has 4 nitrogen and oxygen atoms in total. The highest BCUT2D eigenvalue weighted by atomic mass is 16.4. The van der Waals surface area contributed by atoms with E-state index < -0.39 is 0 Å². The van der Waals surface area contributed by atoms with E-state index in [1.807, 2.05) is 48.5 Å². The molecule has 0 unspecified atom stereocenters. The van der Waals surface area contributed by atoms with Crippen LogP contribution in [0.2, 0.25) is 0 Å². The molecule has 0 atom stereocenters. The maximum atomic E-state index is 6.04. The van der Waals surface area contributed by atoms with Crippen LogP contribution in [0.3, 0.4) is 0 Å². The van der Waals surface area contributed by atoms with Crippen molar-refractivity contribution in [1.82, 2.24) is 9.97 Å². The zero-order valence-electron chi connectivity index (χ0n) is 44.2. The molecule has 0 bridgehead atoms. The van der Waals surface area contributed by atoms with Crippen molar-refractivity contribution in [3.05, 3.63) is 254 Å². The summed E-state index contributed by atoms with van der Waals surface area (Å²) in [4.78, 5) is 9.39. The molecular weight excluding hydrogens is 949 g/mol. The van der Waals surface area contributed by atoms with Crippen LogP contribution in [0, 0.1) is 5.92 Å². The molecule has 0 saturated carbocycles. The molecule has 0 fully saturated rings. The van der Waals surface area contributed by atoms with Crippen LogP contribution >= 0.6 is 0 Å². The molecule has 2 heterocycles. The molecule has 0 spiro atoms. The van der Waals surface area contributed by atoms with Gasteiger partial charge in [0.1, 0.15) is 11.0 Å². The first-order valence-corrected chi connectivity index (χ1v) is 27.4. The van der Waals surface area contributed by atoms with Gasteiger partial charge in [-0.25, -0.2) is 9.97 Å². The standard InChI is InChI=1S/2C37H29NO/c1-24(2)22-25-16-21-31-32(23-25)36(26-10-4-3-5-11-26)30-13-7-6-12-29(30)35(31)27-17-19-28(20-18-27)37-38-33-14-8-9-15-34(33)39-37;1-2-3-11-25-18-23-31-32(24-25)36(26-12-5-4-6-13-26)30-15-8-7-14-29(30)35(31)27-19-21-28(22-20-27)37-38-33-16-9-10-17-34(33)39-37/h3-21,23-24H,22H2,1-2H3;4-10,12-24H,2-3,11H2,1H3. The van der Waals surface area contributed by atoms with Gasteiger partial charge >= 0.3 is 0 Å². The molecule has 0 aliphatic rings. The van der Waals surface area contributed by atoms with E-state index >= 15 is 0 Å². The smallest absolute Gasteiger partial charge is 0.227 e. The predicted molar refractivity (Wildman–Crippen MR) is 328 cm³/mol. The van der Waals surface area contributed by atoms with E-state index in [0.717, 1.165) is 46.2 Å². The number of aryl methyl sites for hydroxylation is 1. The third kappa shape index (κ3) is 9.20. The van der Waals surface area contributed by atoms with Gasteiger partial charge in [0.25, 0.3) is 0 Å². The number of para-hydroxylation sites is 4. The summed E-state index contributed by atoms with van der Waals surface area (Å²) in [6.07, 6.45) is 4.55. The van der Waals surface area contributed by atoms with Crippen LogP contribution in [0.15, 0.2) is 251 Å². The molecule has 0 amide bonds. The largest absolute Gasteiger partial charge is 0.436 e. The number of benzene rings is 12. The van der Waals surface area contributed by atoms with Crippen molar-refractivity contribution in [3.8, 4) is 67.4 Å². The molecular formula is C74H58N2O2. The summed E-state index contributed by atoms with van der Waals surface area (Å²) in [5, 5.41) is 10.2. The average molecular weight is 1010 g/mol. The minimum atomic E-state index is 0.599. The van der Waals surface area contributed by atoms with Crippen LogP contribution in [0.4, 0.5) is 0 Å². The highest BCUT2D eigenvalue weighted by Gasteiger charge is 2.20. The fourth-order valence-corrected chi connectivity index (χ4v) is 11.6. The monoisotopic (exact) mass is 1010 g/mol. The lowest BCUT2D eigenvalue weighted by molar-refractivity contribution is 0.619. The van der Waals surface area contributed by atoms with Gasteiger partial charge in [-0.3, -0.25) is 0 Å². The van der Waals surface area contributed by atoms with Crippen molar-refractivity contribution in [3.63, 3.8) is 0 Å². The molecule has 2 aromatic heterocycles. The van der Waals surface area contributed by atoms with E-state index in [9.17, 15) is 0 Å². The Morgan fingerprint density at radius 3 is 1.10 bits per heavy atom. The van der Waals surface area contributed by atoms with E-state index in [1.165, 1.54) is 112 Å². The summed E-state index contributed by atoms with van der Waals surface area (Å²) in [5.74, 6) is 1.90. The number of unbranched alkanes of at least 4 members (excludes halogenated alkanes) is 1. The molecule has 0 aliphatic carbocycles. The molecule has 0 N–H and O–H groups in total. The van der Waals surface area contributed by atoms with E-state index in [0.29, 0.717) is 17.7 Å². The minimum absolute atomic E-state index is 0.599. The number of rotatable bonds is 11. The number of fused-ring (bicyclic) bond motifs is 6. The lowest BCUT2D eigenvalue weighted by atomic mass is 9.84. The van der Waals surface area contributed by atoms with Crippen LogP contribution in [-0.2, 0) is 12.8 Å². The second-order valence-electron chi connectivity index (χ2n) is 20.9. The SMILES string of the molecule is CC(C)Cc1ccc2c(-c3ccc(-c4nc5ccccc5o4)cc3)c3ccccc3c(-c3ccccc3)c2c1.CCCCc1ccc2c(-c3ccc(-c4nc5ccccc5o4)cc3)c3ccccc3c(-c3ccccc3)c2c1. The number of nitrogens with zero attached hydrogens (tertiary/aromatic N) is 2. The van der Waals surface area contributed by atoms with Gasteiger partial charge in [-0.05, 0) is 172 Å². The molecule has 0 radical (unpaired) electrons. The topological polar surface area (TPSA) is 52.1 Å². The molecule has 0 saturated heterocycles. The molecule has 14 aromatic rings. The Labute approximate surface area is 455 Å². The fourth-order valence-electron chi connectivity index (χ4n) is 11.6. The quantitative estimate of drug-likeness (QED) is 0.121. The summed E-state index contributed by atoms with van der Waals surface area (Å²) in [7, 11) is 0. The normalized spacial score (nSPS) is 11.6. The fraction of sp³-hybridized carbons (Fsp3) is 0.108. The van der Waals surface area contributed by atoms with Gasteiger partial charge in [0.15, 0.2) is 11.2 Å². The zero-order valence-corrected chi connectivity index (χ0v) is 44.2. The van der Waals surface area contributed by atoms with Crippen LogP contribution < -0.4 is 0 Å². The molecule has 376 valence electrons. The van der Waals surface area contributed by atoms with Gasteiger partial charge in [0.2, 0.25) is 11.8 Å². The highest BCUT2D eigenvalue weighted by molar-refractivity contribution is 6.23. The zero-order chi connectivity index (χ0) is 52.5. The average Bonchev–Trinajstić information content (AvgIpc) is 4.28. The maximum absolute atomic E-state index is 6.04. The van der Waals surface area contributed by atoms with E-state index in [-0.39, 0.29) is 0 Å². The van der Waals surface area contributed by atoms with Crippen LogP contribution in [0.5, 0.6) is 0 Å². The summed E-state index contributed by atoms with van der Waals surface area (Å²) in [6, 6.07) is 86.5. The lowest BCUT2D eigenvalue weighted by Gasteiger charge is -2.19. The second kappa shape index (κ2) is 21.0. The van der Waals surface area contributed by atoms with Gasteiger partial charge in [0, 0.05) is 11.1 Å². The van der Waals surface area contributed by atoms with E-state index in [2.05, 4.69) is 215 Å². The molecule has 14 rings (SSSR count).